The molecule has 0 radical (unpaired) electrons. The molecule has 0 spiro atoms. The summed E-state index contributed by atoms with van der Waals surface area (Å²) in [6.07, 6.45) is 0.828. The molecule has 0 bridgehead atoms. The molecule has 2 N–H and O–H groups in total. The molecule has 0 atom stereocenters. The molecule has 3 nitrogen and oxygen atoms in total. The van der Waals surface area contributed by atoms with Gasteiger partial charge in [-0.05, 0) is 30.7 Å². The molecular weight excluding hydrogens is 176 g/mol. The van der Waals surface area contributed by atoms with E-state index in [9.17, 15) is 4.79 Å². The predicted octanol–water partition coefficient (Wildman–Crippen LogP) is 2.33. The van der Waals surface area contributed by atoms with Crippen molar-refractivity contribution in [2.45, 2.75) is 6.92 Å². The van der Waals surface area contributed by atoms with E-state index in [0.717, 1.165) is 22.9 Å². The van der Waals surface area contributed by atoms with Gasteiger partial charge in [0.15, 0.2) is 6.29 Å². The summed E-state index contributed by atoms with van der Waals surface area (Å²) < 4.78 is 0. The highest BCUT2D eigenvalue weighted by molar-refractivity contribution is 5.95. The van der Waals surface area contributed by atoms with E-state index in [4.69, 9.17) is 0 Å². The highest BCUT2D eigenvalue weighted by atomic mass is 16.1. The van der Waals surface area contributed by atoms with Crippen LogP contribution in [0.25, 0.3) is 10.9 Å². The van der Waals surface area contributed by atoms with Gasteiger partial charge < -0.3 is 10.3 Å². The fourth-order valence-corrected chi connectivity index (χ4v) is 1.68. The molecule has 0 unspecified atom stereocenters. The molecule has 1 aromatic carbocycles. The first kappa shape index (κ1) is 8.81. The van der Waals surface area contributed by atoms with E-state index in [2.05, 4.69) is 16.4 Å². The molecule has 1 aromatic heterocycles. The lowest BCUT2D eigenvalue weighted by Crippen LogP contribution is -1.90. The molecule has 0 saturated carbocycles. The molecule has 1 heterocycles. The molecule has 0 fully saturated rings. The first-order valence-corrected chi connectivity index (χ1v) is 4.51. The van der Waals surface area contributed by atoms with E-state index in [1.54, 1.807) is 0 Å². The van der Waals surface area contributed by atoms with E-state index >= 15 is 0 Å². The highest BCUT2D eigenvalue weighted by Crippen LogP contribution is 2.24. The predicted molar refractivity (Wildman–Crippen MR) is 58.0 cm³/mol. The van der Waals surface area contributed by atoms with E-state index in [1.165, 1.54) is 5.56 Å². The average molecular weight is 188 g/mol. The van der Waals surface area contributed by atoms with Crippen molar-refractivity contribution in [2.75, 3.05) is 12.4 Å². The van der Waals surface area contributed by atoms with Gasteiger partial charge in [0.05, 0.1) is 16.9 Å². The SMILES string of the molecule is CNc1cc(C)cc2cc(C=O)[nH]c12. The van der Waals surface area contributed by atoms with Crippen LogP contribution >= 0.6 is 0 Å². The van der Waals surface area contributed by atoms with E-state index in [1.807, 2.05) is 26.1 Å². The molecule has 0 aliphatic heterocycles. The Morgan fingerprint density at radius 3 is 2.79 bits per heavy atom. The molecule has 14 heavy (non-hydrogen) atoms. The molecule has 2 rings (SSSR count). The van der Waals surface area contributed by atoms with Crippen molar-refractivity contribution in [3.63, 3.8) is 0 Å². The quantitative estimate of drug-likeness (QED) is 0.710. The summed E-state index contributed by atoms with van der Waals surface area (Å²) in [5, 5.41) is 4.17. The number of hydrogen-bond donors (Lipinski definition) is 2. The Hall–Kier alpha value is -1.77. The van der Waals surface area contributed by atoms with Gasteiger partial charge in [-0.2, -0.15) is 0 Å². The van der Waals surface area contributed by atoms with Crippen molar-refractivity contribution in [3.05, 3.63) is 29.5 Å². The van der Waals surface area contributed by atoms with Gasteiger partial charge in [0.2, 0.25) is 0 Å². The number of fused-ring (bicyclic) bond motifs is 1. The average Bonchev–Trinajstić information content (AvgIpc) is 2.59. The van der Waals surface area contributed by atoms with Gasteiger partial charge >= 0.3 is 0 Å². The smallest absolute Gasteiger partial charge is 0.166 e. The number of carbonyl (C=O) groups excluding carboxylic acids is 1. The molecular formula is C11H12N2O. The van der Waals surface area contributed by atoms with Gasteiger partial charge in [-0.3, -0.25) is 4.79 Å². The molecule has 0 aliphatic rings. The van der Waals surface area contributed by atoms with Crippen LogP contribution in [0.2, 0.25) is 0 Å². The normalized spacial score (nSPS) is 10.4. The lowest BCUT2D eigenvalue weighted by molar-refractivity contribution is 0.112. The maximum absolute atomic E-state index is 10.6. The number of rotatable bonds is 2. The summed E-state index contributed by atoms with van der Waals surface area (Å²) in [5.74, 6) is 0. The van der Waals surface area contributed by atoms with Gasteiger partial charge in [0.1, 0.15) is 0 Å². The third kappa shape index (κ3) is 1.27. The lowest BCUT2D eigenvalue weighted by Gasteiger charge is -2.03. The third-order valence-electron chi connectivity index (χ3n) is 2.29. The van der Waals surface area contributed by atoms with E-state index < -0.39 is 0 Å². The Morgan fingerprint density at radius 1 is 1.36 bits per heavy atom. The third-order valence-corrected chi connectivity index (χ3v) is 2.29. The van der Waals surface area contributed by atoms with Gasteiger partial charge in [-0.25, -0.2) is 0 Å². The molecule has 0 amide bonds. The summed E-state index contributed by atoms with van der Waals surface area (Å²) in [7, 11) is 1.87. The fraction of sp³-hybridized carbons (Fsp3) is 0.182. The summed E-state index contributed by atoms with van der Waals surface area (Å²) in [5.41, 5.74) is 3.80. The second kappa shape index (κ2) is 3.18. The first-order chi connectivity index (χ1) is 6.74. The van der Waals surface area contributed by atoms with Gasteiger partial charge in [0, 0.05) is 12.4 Å². The first-order valence-electron chi connectivity index (χ1n) is 4.51. The largest absolute Gasteiger partial charge is 0.386 e. The Kier molecular flexibility index (Phi) is 2.00. The number of H-pyrrole nitrogens is 1. The number of anilines is 1. The second-order valence-corrected chi connectivity index (χ2v) is 3.37. The zero-order chi connectivity index (χ0) is 10.1. The topological polar surface area (TPSA) is 44.9 Å². The number of aromatic nitrogens is 1. The molecule has 0 aliphatic carbocycles. The Bertz CT molecular complexity index is 485. The van der Waals surface area contributed by atoms with Crippen LogP contribution in [0.5, 0.6) is 0 Å². The number of hydrogen-bond acceptors (Lipinski definition) is 2. The summed E-state index contributed by atoms with van der Waals surface area (Å²) in [6, 6.07) is 5.96. The molecule has 2 aromatic rings. The summed E-state index contributed by atoms with van der Waals surface area (Å²) in [6.45, 7) is 2.04. The van der Waals surface area contributed by atoms with Crippen molar-refractivity contribution in [2.24, 2.45) is 0 Å². The molecule has 0 saturated heterocycles. The number of nitrogens with one attached hydrogen (secondary N) is 2. The van der Waals surface area contributed by atoms with E-state index in [0.29, 0.717) is 5.69 Å². The number of aryl methyl sites for hydroxylation is 1. The molecule has 72 valence electrons. The van der Waals surface area contributed by atoms with Gasteiger partial charge in [0.25, 0.3) is 0 Å². The Balaban J connectivity index is 2.77. The highest BCUT2D eigenvalue weighted by Gasteiger charge is 2.04. The van der Waals surface area contributed by atoms with Crippen LogP contribution in [0.1, 0.15) is 16.1 Å². The minimum absolute atomic E-state index is 0.613. The zero-order valence-electron chi connectivity index (χ0n) is 8.22. The standard InChI is InChI=1S/C11H12N2O/c1-7-3-8-5-9(6-14)13-11(8)10(4-7)12-2/h3-6,12-13H,1-2H3. The fourth-order valence-electron chi connectivity index (χ4n) is 1.68. The monoisotopic (exact) mass is 188 g/mol. The molecule has 3 heteroatoms. The Labute approximate surface area is 82.1 Å². The van der Waals surface area contributed by atoms with Crippen LogP contribution in [0, 0.1) is 6.92 Å². The maximum Gasteiger partial charge on any atom is 0.166 e. The maximum atomic E-state index is 10.6. The van der Waals surface area contributed by atoms with Crippen LogP contribution < -0.4 is 5.32 Å². The number of benzene rings is 1. The van der Waals surface area contributed by atoms with Crippen molar-refractivity contribution in [1.82, 2.24) is 4.98 Å². The van der Waals surface area contributed by atoms with E-state index in [-0.39, 0.29) is 0 Å². The number of aldehydes is 1. The number of carbonyl (C=O) groups is 1. The minimum atomic E-state index is 0.613. The minimum Gasteiger partial charge on any atom is -0.386 e. The van der Waals surface area contributed by atoms with Crippen LogP contribution in [0.3, 0.4) is 0 Å². The van der Waals surface area contributed by atoms with Crippen LogP contribution in [-0.2, 0) is 0 Å². The van der Waals surface area contributed by atoms with Gasteiger partial charge in [-0.15, -0.1) is 0 Å². The zero-order valence-corrected chi connectivity index (χ0v) is 8.22. The van der Waals surface area contributed by atoms with Gasteiger partial charge in [-0.1, -0.05) is 0 Å². The Morgan fingerprint density at radius 2 is 2.14 bits per heavy atom. The summed E-state index contributed by atoms with van der Waals surface area (Å²) >= 11 is 0. The van der Waals surface area contributed by atoms with Crippen molar-refractivity contribution < 1.29 is 4.79 Å². The van der Waals surface area contributed by atoms with Crippen LogP contribution in [0.15, 0.2) is 18.2 Å². The van der Waals surface area contributed by atoms with Crippen molar-refractivity contribution >= 4 is 22.9 Å². The summed E-state index contributed by atoms with van der Waals surface area (Å²) in [4.78, 5) is 13.7. The lowest BCUT2D eigenvalue weighted by atomic mass is 10.1. The van der Waals surface area contributed by atoms with Crippen LogP contribution in [-0.4, -0.2) is 18.3 Å². The number of aromatic amines is 1. The van der Waals surface area contributed by atoms with Crippen molar-refractivity contribution in [3.8, 4) is 0 Å². The second-order valence-electron chi connectivity index (χ2n) is 3.37. The van der Waals surface area contributed by atoms with Crippen LogP contribution in [0.4, 0.5) is 5.69 Å². The van der Waals surface area contributed by atoms with Crippen molar-refractivity contribution in [1.29, 1.82) is 0 Å².